The third kappa shape index (κ3) is 12.7. The van der Waals surface area contributed by atoms with Crippen LogP contribution >= 0.6 is 0 Å². The molecule has 2 aliphatic rings. The molecule has 1 saturated heterocycles. The number of hydrogen-bond donors (Lipinski definition) is 2. The Balaban J connectivity index is 0.000000493. The molecule has 1 heterocycles. The molecule has 3 rings (SSSR count). The van der Waals surface area contributed by atoms with Crippen LogP contribution in [-0.2, 0) is 21.0 Å². The molecule has 0 atom stereocenters. The van der Waals surface area contributed by atoms with Crippen molar-refractivity contribution in [3.63, 3.8) is 0 Å². The smallest absolute Gasteiger partial charge is 0.328 e. The minimum absolute atomic E-state index is 0.558. The number of nitrogens with zero attached hydrogens (tertiary/aromatic N) is 3. The van der Waals surface area contributed by atoms with E-state index in [2.05, 4.69) is 58.3 Å². The molecule has 0 radical (unpaired) electrons. The van der Waals surface area contributed by atoms with E-state index in [0.717, 1.165) is 65.1 Å². The highest BCUT2D eigenvalue weighted by Gasteiger charge is 2.17. The summed E-state index contributed by atoms with van der Waals surface area (Å²) < 4.78 is 0. The van der Waals surface area contributed by atoms with E-state index < -0.39 is 11.9 Å². The van der Waals surface area contributed by atoms with Crippen molar-refractivity contribution in [1.82, 2.24) is 9.80 Å². The summed E-state index contributed by atoms with van der Waals surface area (Å²) in [6, 6.07) is 10.8. The van der Waals surface area contributed by atoms with Gasteiger partial charge in [-0.2, -0.15) is 0 Å². The molecule has 0 bridgehead atoms. The topological polar surface area (TPSA) is 103 Å². The van der Waals surface area contributed by atoms with Gasteiger partial charge in [0, 0.05) is 51.4 Å². The SMILES string of the molecule is CCC/C=C1\CCCC\C1=N/OCCCN1CCN(Cc2ccccc2)CC1.O=C(O)/C=C/C(=O)O. The number of piperazine rings is 1. The first-order valence-corrected chi connectivity index (χ1v) is 13.0. The number of carbonyl (C=O) groups is 2. The molecule has 8 heteroatoms. The van der Waals surface area contributed by atoms with Crippen molar-refractivity contribution >= 4 is 17.7 Å². The molecule has 8 nitrogen and oxygen atoms in total. The first-order valence-electron chi connectivity index (χ1n) is 13.0. The second kappa shape index (κ2) is 17.5. The fraction of sp³-hybridized carbons (Fsp3) is 0.536. The van der Waals surface area contributed by atoms with Crippen molar-refractivity contribution in [2.75, 3.05) is 39.3 Å². The van der Waals surface area contributed by atoms with Crippen LogP contribution in [0.5, 0.6) is 0 Å². The first-order chi connectivity index (χ1) is 17.5. The van der Waals surface area contributed by atoms with Crippen LogP contribution in [-0.4, -0.2) is 77.0 Å². The summed E-state index contributed by atoms with van der Waals surface area (Å²) in [4.78, 5) is 29.9. The summed E-state index contributed by atoms with van der Waals surface area (Å²) in [5.74, 6) is -2.51. The Kier molecular flexibility index (Phi) is 14.2. The largest absolute Gasteiger partial charge is 0.478 e. The minimum atomic E-state index is -1.26. The number of rotatable bonds is 11. The Bertz CT molecular complexity index is 858. The predicted molar refractivity (Wildman–Crippen MR) is 142 cm³/mol. The van der Waals surface area contributed by atoms with Crippen molar-refractivity contribution in [3.05, 3.63) is 59.7 Å². The molecule has 0 spiro atoms. The van der Waals surface area contributed by atoms with E-state index in [4.69, 9.17) is 15.1 Å². The third-order valence-electron chi connectivity index (χ3n) is 6.13. The summed E-state index contributed by atoms with van der Waals surface area (Å²) in [5.41, 5.74) is 4.05. The zero-order valence-corrected chi connectivity index (χ0v) is 21.5. The Morgan fingerprint density at radius 2 is 1.61 bits per heavy atom. The van der Waals surface area contributed by atoms with Gasteiger partial charge >= 0.3 is 11.9 Å². The van der Waals surface area contributed by atoms with Gasteiger partial charge in [0.1, 0.15) is 6.61 Å². The number of carboxylic acids is 2. The van der Waals surface area contributed by atoms with E-state index in [1.807, 2.05) is 0 Å². The highest BCUT2D eigenvalue weighted by molar-refractivity contribution is 6.00. The standard InChI is InChI=1S/C24H37N3O.C4H4O4/c1-2-3-12-23-13-7-8-14-24(23)25-28-20-9-15-26-16-18-27(19-17-26)21-22-10-5-4-6-11-22;5-3(6)1-2-4(7)8/h4-6,10-12H,2-3,7-9,13-21H2,1H3;1-2H,(H,5,6)(H,7,8)/b23-12+,25-24+;2-1+. The highest BCUT2D eigenvalue weighted by Crippen LogP contribution is 2.22. The van der Waals surface area contributed by atoms with E-state index in [-0.39, 0.29) is 0 Å². The zero-order valence-electron chi connectivity index (χ0n) is 21.5. The van der Waals surface area contributed by atoms with E-state index in [1.54, 1.807) is 0 Å². The maximum atomic E-state index is 9.55. The van der Waals surface area contributed by atoms with E-state index >= 15 is 0 Å². The highest BCUT2D eigenvalue weighted by atomic mass is 16.6. The first kappa shape index (κ1) is 29.3. The summed E-state index contributed by atoms with van der Waals surface area (Å²) in [5, 5.41) is 20.1. The fourth-order valence-corrected chi connectivity index (χ4v) is 4.19. The molecule has 2 N–H and O–H groups in total. The van der Waals surface area contributed by atoms with Crippen molar-refractivity contribution in [2.45, 2.75) is 58.4 Å². The Labute approximate surface area is 214 Å². The number of benzene rings is 1. The summed E-state index contributed by atoms with van der Waals surface area (Å²) in [7, 11) is 0. The van der Waals surface area contributed by atoms with Gasteiger partial charge in [0.05, 0.1) is 5.71 Å². The quantitative estimate of drug-likeness (QED) is 0.261. The number of oxime groups is 1. The van der Waals surface area contributed by atoms with Gasteiger partial charge in [-0.05, 0) is 49.7 Å². The lowest BCUT2D eigenvalue weighted by Crippen LogP contribution is -2.46. The molecule has 1 aromatic carbocycles. The maximum Gasteiger partial charge on any atom is 0.328 e. The third-order valence-corrected chi connectivity index (χ3v) is 6.13. The van der Waals surface area contributed by atoms with Crippen molar-refractivity contribution in [1.29, 1.82) is 0 Å². The van der Waals surface area contributed by atoms with Crippen LogP contribution in [0.4, 0.5) is 0 Å². The molecule has 0 amide bonds. The molecular weight excluding hydrogens is 458 g/mol. The van der Waals surface area contributed by atoms with Gasteiger partial charge in [0.2, 0.25) is 0 Å². The normalized spacial score (nSPS) is 19.2. The lowest BCUT2D eigenvalue weighted by molar-refractivity contribution is -0.134. The van der Waals surface area contributed by atoms with E-state index in [0.29, 0.717) is 12.2 Å². The molecule has 198 valence electrons. The fourth-order valence-electron chi connectivity index (χ4n) is 4.19. The Morgan fingerprint density at radius 3 is 2.25 bits per heavy atom. The lowest BCUT2D eigenvalue weighted by Gasteiger charge is -2.34. The van der Waals surface area contributed by atoms with Gasteiger partial charge in [-0.3, -0.25) is 4.90 Å². The molecule has 1 aromatic rings. The van der Waals surface area contributed by atoms with Crippen LogP contribution < -0.4 is 0 Å². The molecule has 2 fully saturated rings. The summed E-state index contributed by atoms with van der Waals surface area (Å²) in [6.07, 6.45) is 11.7. The van der Waals surface area contributed by atoms with Crippen LogP contribution in [0.15, 0.2) is 59.3 Å². The molecule has 0 aromatic heterocycles. The Hall–Kier alpha value is -2.97. The second-order valence-corrected chi connectivity index (χ2v) is 9.06. The predicted octanol–water partition coefficient (Wildman–Crippen LogP) is 4.58. The van der Waals surface area contributed by atoms with Gasteiger partial charge < -0.3 is 20.0 Å². The number of aliphatic carboxylic acids is 2. The van der Waals surface area contributed by atoms with Gasteiger partial charge in [-0.1, -0.05) is 54.9 Å². The zero-order chi connectivity index (χ0) is 26.0. The maximum absolute atomic E-state index is 9.55. The van der Waals surface area contributed by atoms with Gasteiger partial charge in [0.25, 0.3) is 0 Å². The molecule has 0 unspecified atom stereocenters. The van der Waals surface area contributed by atoms with Crippen LogP contribution in [0.1, 0.15) is 57.4 Å². The van der Waals surface area contributed by atoms with Crippen molar-refractivity contribution < 1.29 is 24.6 Å². The molecule has 1 aliphatic heterocycles. The number of unbranched alkanes of at least 4 members (excludes halogenated alkanes) is 1. The number of hydrogen-bond acceptors (Lipinski definition) is 6. The summed E-state index contributed by atoms with van der Waals surface area (Å²) in [6.45, 7) is 9.78. The van der Waals surface area contributed by atoms with Crippen molar-refractivity contribution in [3.8, 4) is 0 Å². The molecule has 1 aliphatic carbocycles. The summed E-state index contributed by atoms with van der Waals surface area (Å²) >= 11 is 0. The minimum Gasteiger partial charge on any atom is -0.478 e. The van der Waals surface area contributed by atoms with Crippen LogP contribution in [0, 0.1) is 0 Å². The number of allylic oxidation sites excluding steroid dienone is 2. The van der Waals surface area contributed by atoms with Gasteiger partial charge in [-0.25, -0.2) is 9.59 Å². The van der Waals surface area contributed by atoms with Gasteiger partial charge in [-0.15, -0.1) is 0 Å². The second-order valence-electron chi connectivity index (χ2n) is 9.06. The average Bonchev–Trinajstić information content (AvgIpc) is 2.88. The number of carboxylic acid groups (broad SMARTS) is 2. The van der Waals surface area contributed by atoms with Crippen molar-refractivity contribution in [2.24, 2.45) is 5.16 Å². The van der Waals surface area contributed by atoms with Crippen LogP contribution in [0.25, 0.3) is 0 Å². The van der Waals surface area contributed by atoms with Crippen LogP contribution in [0.3, 0.4) is 0 Å². The molecular formula is C28H41N3O5. The molecule has 36 heavy (non-hydrogen) atoms. The lowest BCUT2D eigenvalue weighted by atomic mass is 9.92. The molecule has 1 saturated carbocycles. The Morgan fingerprint density at radius 1 is 0.972 bits per heavy atom. The van der Waals surface area contributed by atoms with E-state index in [9.17, 15) is 9.59 Å². The van der Waals surface area contributed by atoms with Crippen LogP contribution in [0.2, 0.25) is 0 Å². The monoisotopic (exact) mass is 499 g/mol. The van der Waals surface area contributed by atoms with E-state index in [1.165, 1.54) is 42.5 Å². The van der Waals surface area contributed by atoms with Gasteiger partial charge in [0.15, 0.2) is 0 Å². The average molecular weight is 500 g/mol.